The van der Waals surface area contributed by atoms with Gasteiger partial charge < -0.3 is 9.30 Å². The zero-order chi connectivity index (χ0) is 16.9. The van der Waals surface area contributed by atoms with Crippen LogP contribution in [0.25, 0.3) is 0 Å². The molecular formula is C16H21N3O3S. The van der Waals surface area contributed by atoms with Crippen molar-refractivity contribution in [1.82, 2.24) is 13.9 Å². The van der Waals surface area contributed by atoms with Gasteiger partial charge in [0.05, 0.1) is 18.6 Å². The van der Waals surface area contributed by atoms with Crippen molar-refractivity contribution in [2.24, 2.45) is 0 Å². The van der Waals surface area contributed by atoms with Crippen LogP contribution < -0.4 is 4.74 Å². The van der Waals surface area contributed by atoms with Crippen LogP contribution in [0.4, 0.5) is 0 Å². The van der Waals surface area contributed by atoms with Gasteiger partial charge in [0.15, 0.2) is 0 Å². The first kappa shape index (κ1) is 17.2. The summed E-state index contributed by atoms with van der Waals surface area (Å²) < 4.78 is 34.0. The number of methoxy groups -OCH3 is 1. The quantitative estimate of drug-likeness (QED) is 0.694. The summed E-state index contributed by atoms with van der Waals surface area (Å²) in [6.07, 6.45) is 5.08. The standard InChI is InChI=1S/C16H21N3O3S/c1-4-11-19(13-16-17-10-12-18(16)5-2)23(20,21)15-8-6-14(22-3)7-9-15/h4,6-10,12H,1,5,11,13H2,2-3H3. The van der Waals surface area contributed by atoms with E-state index in [0.717, 1.165) is 6.54 Å². The molecule has 2 rings (SSSR count). The highest BCUT2D eigenvalue weighted by molar-refractivity contribution is 7.89. The van der Waals surface area contributed by atoms with E-state index in [0.29, 0.717) is 11.6 Å². The smallest absolute Gasteiger partial charge is 0.243 e. The number of imidazole rings is 1. The van der Waals surface area contributed by atoms with E-state index in [2.05, 4.69) is 11.6 Å². The van der Waals surface area contributed by atoms with Gasteiger partial charge in [0.1, 0.15) is 11.6 Å². The van der Waals surface area contributed by atoms with Gasteiger partial charge in [0.25, 0.3) is 0 Å². The number of hydrogen-bond acceptors (Lipinski definition) is 4. The molecule has 0 unspecified atom stereocenters. The van der Waals surface area contributed by atoms with Crippen molar-refractivity contribution in [3.8, 4) is 5.75 Å². The predicted octanol–water partition coefficient (Wildman–Crippen LogP) is 2.29. The van der Waals surface area contributed by atoms with Gasteiger partial charge in [-0.25, -0.2) is 13.4 Å². The van der Waals surface area contributed by atoms with Crippen LogP contribution in [0.3, 0.4) is 0 Å². The number of hydrogen-bond donors (Lipinski definition) is 0. The Labute approximate surface area is 137 Å². The first-order valence-corrected chi connectivity index (χ1v) is 8.72. The molecule has 0 saturated heterocycles. The number of aromatic nitrogens is 2. The van der Waals surface area contributed by atoms with E-state index in [-0.39, 0.29) is 18.0 Å². The Hall–Kier alpha value is -2.12. The van der Waals surface area contributed by atoms with Crippen molar-refractivity contribution >= 4 is 10.0 Å². The zero-order valence-corrected chi connectivity index (χ0v) is 14.2. The summed E-state index contributed by atoms with van der Waals surface area (Å²) >= 11 is 0. The van der Waals surface area contributed by atoms with E-state index in [9.17, 15) is 8.42 Å². The van der Waals surface area contributed by atoms with Crippen LogP contribution in [0, 0.1) is 0 Å². The Kier molecular flexibility index (Phi) is 5.57. The molecule has 1 aromatic carbocycles. The molecule has 1 heterocycles. The van der Waals surface area contributed by atoms with Gasteiger partial charge in [-0.05, 0) is 31.2 Å². The molecule has 6 nitrogen and oxygen atoms in total. The highest BCUT2D eigenvalue weighted by Crippen LogP contribution is 2.21. The van der Waals surface area contributed by atoms with Gasteiger partial charge in [-0.2, -0.15) is 4.31 Å². The lowest BCUT2D eigenvalue weighted by atomic mass is 10.3. The van der Waals surface area contributed by atoms with Crippen LogP contribution in [0.5, 0.6) is 5.75 Å². The Morgan fingerprint density at radius 2 is 2.04 bits per heavy atom. The van der Waals surface area contributed by atoms with Crippen LogP contribution in [-0.4, -0.2) is 35.9 Å². The fourth-order valence-corrected chi connectivity index (χ4v) is 3.59. The Morgan fingerprint density at radius 3 is 2.61 bits per heavy atom. The average molecular weight is 335 g/mol. The van der Waals surface area contributed by atoms with E-state index in [1.165, 1.54) is 23.5 Å². The molecule has 23 heavy (non-hydrogen) atoms. The molecule has 7 heteroatoms. The van der Waals surface area contributed by atoms with Crippen LogP contribution in [-0.2, 0) is 23.1 Å². The highest BCUT2D eigenvalue weighted by atomic mass is 32.2. The molecule has 0 radical (unpaired) electrons. The monoisotopic (exact) mass is 335 g/mol. The van der Waals surface area contributed by atoms with E-state index < -0.39 is 10.0 Å². The second-order valence-electron chi connectivity index (χ2n) is 4.89. The largest absolute Gasteiger partial charge is 0.497 e. The Morgan fingerprint density at radius 1 is 1.35 bits per heavy atom. The molecule has 0 fully saturated rings. The minimum atomic E-state index is -3.64. The lowest BCUT2D eigenvalue weighted by Gasteiger charge is -2.21. The Bertz CT molecular complexity index is 751. The summed E-state index contributed by atoms with van der Waals surface area (Å²) in [5.74, 6) is 1.31. The molecule has 2 aromatic rings. The summed E-state index contributed by atoms with van der Waals surface area (Å²) in [7, 11) is -2.10. The molecule has 124 valence electrons. The lowest BCUT2D eigenvalue weighted by molar-refractivity contribution is 0.412. The molecule has 0 saturated carbocycles. The molecule has 1 aromatic heterocycles. The van der Waals surface area contributed by atoms with Crippen molar-refractivity contribution in [3.63, 3.8) is 0 Å². The molecule has 0 N–H and O–H groups in total. The van der Waals surface area contributed by atoms with Crippen LogP contribution >= 0.6 is 0 Å². The number of nitrogens with zero attached hydrogens (tertiary/aromatic N) is 3. The van der Waals surface area contributed by atoms with Crippen molar-refractivity contribution in [2.75, 3.05) is 13.7 Å². The molecule has 0 aliphatic heterocycles. The van der Waals surface area contributed by atoms with E-state index in [4.69, 9.17) is 4.74 Å². The maximum Gasteiger partial charge on any atom is 0.243 e. The molecule has 0 aliphatic carbocycles. The van der Waals surface area contributed by atoms with Gasteiger partial charge in [-0.1, -0.05) is 6.08 Å². The number of rotatable bonds is 8. The van der Waals surface area contributed by atoms with Crippen molar-refractivity contribution < 1.29 is 13.2 Å². The van der Waals surface area contributed by atoms with Crippen molar-refractivity contribution in [3.05, 3.63) is 55.1 Å². The zero-order valence-electron chi connectivity index (χ0n) is 13.3. The maximum absolute atomic E-state index is 12.8. The highest BCUT2D eigenvalue weighted by Gasteiger charge is 2.25. The molecule has 0 amide bonds. The van der Waals surface area contributed by atoms with E-state index in [1.807, 2.05) is 17.7 Å². The molecule has 0 atom stereocenters. The predicted molar refractivity (Wildman–Crippen MR) is 88.7 cm³/mol. The summed E-state index contributed by atoms with van der Waals surface area (Å²) in [5.41, 5.74) is 0. The molecule has 0 aliphatic rings. The average Bonchev–Trinajstić information content (AvgIpc) is 3.01. The Balaban J connectivity index is 2.32. The summed E-state index contributed by atoms with van der Waals surface area (Å²) in [5, 5.41) is 0. The fourth-order valence-electron chi connectivity index (χ4n) is 2.23. The third-order valence-corrected chi connectivity index (χ3v) is 5.32. The molecule has 0 spiro atoms. The minimum Gasteiger partial charge on any atom is -0.497 e. The number of ether oxygens (including phenoxy) is 1. The second-order valence-corrected chi connectivity index (χ2v) is 6.83. The first-order chi connectivity index (χ1) is 11.0. The fraction of sp³-hybridized carbons (Fsp3) is 0.312. The van der Waals surface area contributed by atoms with Gasteiger partial charge in [0, 0.05) is 25.5 Å². The summed E-state index contributed by atoms with van der Waals surface area (Å²) in [6.45, 7) is 6.79. The minimum absolute atomic E-state index is 0.196. The molecule has 0 bridgehead atoms. The topological polar surface area (TPSA) is 64.4 Å². The van der Waals surface area contributed by atoms with E-state index in [1.54, 1.807) is 24.4 Å². The molecular weight excluding hydrogens is 314 g/mol. The second kappa shape index (κ2) is 7.43. The maximum atomic E-state index is 12.8. The summed E-state index contributed by atoms with van der Waals surface area (Å²) in [6, 6.07) is 6.34. The third kappa shape index (κ3) is 3.80. The lowest BCUT2D eigenvalue weighted by Crippen LogP contribution is -2.32. The van der Waals surface area contributed by atoms with Gasteiger partial charge in [0.2, 0.25) is 10.0 Å². The van der Waals surface area contributed by atoms with Crippen LogP contribution in [0.15, 0.2) is 54.2 Å². The number of benzene rings is 1. The third-order valence-electron chi connectivity index (χ3n) is 3.49. The van der Waals surface area contributed by atoms with Gasteiger partial charge >= 0.3 is 0 Å². The SMILES string of the molecule is C=CCN(Cc1nccn1CC)S(=O)(=O)c1ccc(OC)cc1. The van der Waals surface area contributed by atoms with Crippen molar-refractivity contribution in [1.29, 1.82) is 0 Å². The van der Waals surface area contributed by atoms with Crippen molar-refractivity contribution in [2.45, 2.75) is 24.9 Å². The van der Waals surface area contributed by atoms with Crippen LogP contribution in [0.2, 0.25) is 0 Å². The first-order valence-electron chi connectivity index (χ1n) is 7.28. The summed E-state index contributed by atoms with van der Waals surface area (Å²) in [4.78, 5) is 4.46. The number of aryl methyl sites for hydroxylation is 1. The van der Waals surface area contributed by atoms with Gasteiger partial charge in [-0.15, -0.1) is 6.58 Å². The van der Waals surface area contributed by atoms with Gasteiger partial charge in [-0.3, -0.25) is 0 Å². The number of sulfonamides is 1. The normalized spacial score (nSPS) is 11.6. The van der Waals surface area contributed by atoms with E-state index >= 15 is 0 Å². The van der Waals surface area contributed by atoms with Crippen LogP contribution in [0.1, 0.15) is 12.7 Å².